The van der Waals surface area contributed by atoms with Crippen LogP contribution in [0.2, 0.25) is 0 Å². The molecule has 0 aromatic rings. The first-order valence-electron chi connectivity index (χ1n) is 28.7. The molecule has 4 aliphatic heterocycles. The highest BCUT2D eigenvalue weighted by Gasteiger charge is 2.72. The Hall–Kier alpha value is -2.52. The molecule has 79 heavy (non-hydrogen) atoms. The largest absolute Gasteiger partial charge is 0.459 e. The number of rotatable bonds is 17. The molecule has 0 unspecified atom stereocenters. The molecule has 4 heterocycles. The second kappa shape index (κ2) is 25.4. The van der Waals surface area contributed by atoms with Gasteiger partial charge in [0.1, 0.15) is 67.1 Å². The summed E-state index contributed by atoms with van der Waals surface area (Å²) in [6, 6.07) is 0. The molecule has 0 bridgehead atoms. The monoisotopic (exact) mass is 1120 g/mol. The number of aliphatic hydroxyl groups excluding tert-OH is 5. The lowest BCUT2D eigenvalue weighted by atomic mass is 9.44. The van der Waals surface area contributed by atoms with Gasteiger partial charge in [-0.15, -0.1) is 0 Å². The van der Waals surface area contributed by atoms with E-state index in [1.807, 2.05) is 27.7 Å². The molecule has 0 amide bonds. The number of ether oxygens (including phenoxy) is 13. The quantitative estimate of drug-likeness (QED) is 0.0686. The molecule has 4 aliphatic carbocycles. The van der Waals surface area contributed by atoms with E-state index in [1.165, 1.54) is 12.7 Å². The third kappa shape index (κ3) is 11.8. The maximum atomic E-state index is 13.7. The number of carbonyl (C=O) groups is 2. The molecule has 27 atom stereocenters. The van der Waals surface area contributed by atoms with E-state index in [-0.39, 0.29) is 41.7 Å². The minimum absolute atomic E-state index is 0.0192. The first kappa shape index (κ1) is 62.5. The van der Waals surface area contributed by atoms with E-state index >= 15 is 0 Å². The molecule has 8 rings (SSSR count). The summed E-state index contributed by atoms with van der Waals surface area (Å²) in [4.78, 5) is 26.7. The predicted molar refractivity (Wildman–Crippen MR) is 280 cm³/mol. The zero-order valence-electron chi connectivity index (χ0n) is 48.5. The summed E-state index contributed by atoms with van der Waals surface area (Å²) in [6.45, 7) is 18.1. The highest BCUT2D eigenvalue weighted by atomic mass is 16.8. The standard InChI is InChI=1S/C58H92O21/c1-14-27(3)52(64)72-29(5)35-19-21-58(66)36-17-16-33-22-34(18-20-56(33,9)37(36)23-41(57(35,58)10)76-53(65)28(4)15-2)74-42-24-38(67-11)48(30(6)70-42)77-43-25-39(68-12)49(31(7)71-43)78-55-47(63)51(69-13)50(32(8)73-55)79-54-46(62)45(61)44(60)40(26-59)75-54/h14-16,29-32,34-51,54-55,59-63,66H,17-26H2,1-13H3/b27-14+,28-15+/t29-,30+,31+,32+,34-,35+,36+,37-,38-,39-,40+,41+,42-,43-,44+,45-,46+,47+,48-,49-,50+,51-,54+,55-,56-,57-,58-/m0/s1. The SMILES string of the molecule is C/C=C(\C)C(=O)O[C@@H](C)[C@H]1CC[C@]2(O)[C@@H]3CC=C4C[C@@H](O[C@H]5C[C@H](OC)[C@@H](O[C@H]6C[C@H](OC)[C@@H](O[C@@H]7O[C@H](C)[C@@H](O[C@H]8O[C@H](CO)[C@@H](O)[C@H](O)[C@H]8O)[C@@H](OC)[C@H]7O)[C@@H](C)O6)[C@@H](C)O5)CC[C@]4(C)[C@H]3C[C@@H](OC(=O)/C(C)=C/C)[C@]12C. The summed E-state index contributed by atoms with van der Waals surface area (Å²) in [6.07, 6.45) is -8.06. The van der Waals surface area contributed by atoms with Crippen molar-refractivity contribution in [2.45, 2.75) is 262 Å². The Kier molecular flexibility index (Phi) is 20.1. The van der Waals surface area contributed by atoms with Crippen molar-refractivity contribution in [2.75, 3.05) is 27.9 Å². The van der Waals surface area contributed by atoms with Crippen LogP contribution >= 0.6 is 0 Å². The van der Waals surface area contributed by atoms with Crippen molar-refractivity contribution < 1.29 is 102 Å². The lowest BCUT2D eigenvalue weighted by molar-refractivity contribution is -0.373. The number of hydrogen-bond donors (Lipinski definition) is 6. The van der Waals surface area contributed by atoms with E-state index in [0.29, 0.717) is 49.7 Å². The molecule has 0 aromatic heterocycles. The molecule has 450 valence electrons. The average Bonchev–Trinajstić information content (AvgIpc) is 3.60. The van der Waals surface area contributed by atoms with Gasteiger partial charge in [0.25, 0.3) is 0 Å². The van der Waals surface area contributed by atoms with E-state index < -0.39 is 146 Å². The lowest BCUT2D eigenvalue weighted by Gasteiger charge is -2.63. The normalized spacial score (nSPS) is 48.0. The van der Waals surface area contributed by atoms with E-state index in [4.69, 9.17) is 61.6 Å². The van der Waals surface area contributed by atoms with E-state index in [9.17, 15) is 40.2 Å². The maximum absolute atomic E-state index is 13.7. The fourth-order valence-corrected chi connectivity index (χ4v) is 14.9. The van der Waals surface area contributed by atoms with Crippen LogP contribution in [0.5, 0.6) is 0 Å². The minimum atomic E-state index is -1.67. The Morgan fingerprint density at radius 2 is 1.28 bits per heavy atom. The van der Waals surface area contributed by atoms with Crippen LogP contribution in [-0.4, -0.2) is 205 Å². The van der Waals surface area contributed by atoms with Crippen LogP contribution in [-0.2, 0) is 71.2 Å². The number of carbonyl (C=O) groups excluding carboxylic acids is 2. The zero-order chi connectivity index (χ0) is 57.6. The van der Waals surface area contributed by atoms with Gasteiger partial charge >= 0.3 is 11.9 Å². The number of allylic oxidation sites excluding steroid dienone is 3. The number of esters is 2. The Bertz CT molecular complexity index is 2190. The van der Waals surface area contributed by atoms with Crippen LogP contribution in [0, 0.1) is 28.6 Å². The van der Waals surface area contributed by atoms with Crippen molar-refractivity contribution in [1.82, 2.24) is 0 Å². The number of fused-ring (bicyclic) bond motifs is 5. The van der Waals surface area contributed by atoms with Gasteiger partial charge in [-0.2, -0.15) is 0 Å². The average molecular weight is 1130 g/mol. The molecule has 0 aromatic carbocycles. The second-order valence-electron chi connectivity index (χ2n) is 24.1. The van der Waals surface area contributed by atoms with Crippen LogP contribution in [0.3, 0.4) is 0 Å². The number of hydrogen-bond acceptors (Lipinski definition) is 21. The van der Waals surface area contributed by atoms with Crippen LogP contribution in [0.25, 0.3) is 0 Å². The molecule has 7 fully saturated rings. The van der Waals surface area contributed by atoms with Crippen molar-refractivity contribution in [2.24, 2.45) is 28.6 Å². The Labute approximate surface area is 465 Å². The summed E-state index contributed by atoms with van der Waals surface area (Å²) >= 11 is 0. The van der Waals surface area contributed by atoms with Gasteiger partial charge in [-0.1, -0.05) is 37.6 Å². The molecular weight excluding hydrogens is 1030 g/mol. The molecule has 8 aliphatic rings. The smallest absolute Gasteiger partial charge is 0.333 e. The van der Waals surface area contributed by atoms with Gasteiger partial charge in [-0.25, -0.2) is 9.59 Å². The van der Waals surface area contributed by atoms with Crippen LogP contribution in [0.1, 0.15) is 127 Å². The molecule has 0 radical (unpaired) electrons. The Morgan fingerprint density at radius 1 is 0.696 bits per heavy atom. The van der Waals surface area contributed by atoms with Crippen LogP contribution < -0.4 is 0 Å². The van der Waals surface area contributed by atoms with Gasteiger partial charge in [0.2, 0.25) is 0 Å². The third-order valence-electron chi connectivity index (χ3n) is 20.0. The van der Waals surface area contributed by atoms with Gasteiger partial charge < -0.3 is 92.2 Å². The van der Waals surface area contributed by atoms with Gasteiger partial charge in [-0.05, 0) is 118 Å². The Balaban J connectivity index is 0.878. The molecule has 21 nitrogen and oxygen atoms in total. The highest BCUT2D eigenvalue weighted by molar-refractivity contribution is 5.88. The van der Waals surface area contributed by atoms with E-state index in [1.54, 1.807) is 54.1 Å². The van der Waals surface area contributed by atoms with Crippen molar-refractivity contribution >= 4 is 11.9 Å². The summed E-state index contributed by atoms with van der Waals surface area (Å²) in [5, 5.41) is 65.7. The van der Waals surface area contributed by atoms with E-state index in [0.717, 1.165) is 12.8 Å². The third-order valence-corrected chi connectivity index (χ3v) is 20.0. The fourth-order valence-electron chi connectivity index (χ4n) is 14.9. The summed E-state index contributed by atoms with van der Waals surface area (Å²) in [7, 11) is 4.56. The van der Waals surface area contributed by atoms with Gasteiger partial charge in [0, 0.05) is 56.7 Å². The number of aliphatic hydroxyl groups is 6. The van der Waals surface area contributed by atoms with Crippen molar-refractivity contribution in [3.63, 3.8) is 0 Å². The molecule has 3 saturated carbocycles. The van der Waals surface area contributed by atoms with Gasteiger partial charge in [-0.3, -0.25) is 0 Å². The topological polar surface area (TPSA) is 276 Å². The summed E-state index contributed by atoms with van der Waals surface area (Å²) < 4.78 is 80.8. The van der Waals surface area contributed by atoms with Crippen molar-refractivity contribution in [1.29, 1.82) is 0 Å². The first-order chi connectivity index (χ1) is 37.4. The van der Waals surface area contributed by atoms with Crippen molar-refractivity contribution in [3.05, 3.63) is 34.9 Å². The second-order valence-corrected chi connectivity index (χ2v) is 24.1. The lowest BCUT2D eigenvalue weighted by Crippen LogP contribution is -2.67. The van der Waals surface area contributed by atoms with Crippen LogP contribution in [0.15, 0.2) is 34.9 Å². The zero-order valence-corrected chi connectivity index (χ0v) is 48.5. The highest BCUT2D eigenvalue weighted by Crippen LogP contribution is 2.69. The molecule has 4 saturated heterocycles. The summed E-state index contributed by atoms with van der Waals surface area (Å²) in [5.74, 6) is -1.11. The molecular formula is C58H92O21. The molecule has 21 heteroatoms. The van der Waals surface area contributed by atoms with Gasteiger partial charge in [0.15, 0.2) is 25.2 Å². The minimum Gasteiger partial charge on any atom is -0.459 e. The predicted octanol–water partition coefficient (Wildman–Crippen LogP) is 3.83. The first-order valence-corrected chi connectivity index (χ1v) is 28.7. The number of methoxy groups -OCH3 is 3. The summed E-state index contributed by atoms with van der Waals surface area (Å²) in [5.41, 5.74) is -0.0544. The Morgan fingerprint density at radius 3 is 1.89 bits per heavy atom. The van der Waals surface area contributed by atoms with Gasteiger partial charge in [0.05, 0.1) is 48.8 Å². The fraction of sp³-hybridized carbons (Fsp3) is 0.862. The molecule has 0 spiro atoms. The maximum Gasteiger partial charge on any atom is 0.333 e. The van der Waals surface area contributed by atoms with Crippen LogP contribution in [0.4, 0.5) is 0 Å². The van der Waals surface area contributed by atoms with E-state index in [2.05, 4.69) is 19.9 Å². The molecule has 6 N–H and O–H groups in total. The van der Waals surface area contributed by atoms with Crippen molar-refractivity contribution in [3.8, 4) is 0 Å².